The summed E-state index contributed by atoms with van der Waals surface area (Å²) in [5.74, 6) is 0.487. The lowest BCUT2D eigenvalue weighted by Crippen LogP contribution is -2.42. The summed E-state index contributed by atoms with van der Waals surface area (Å²) in [5.41, 5.74) is 1.30. The number of aromatic nitrogens is 1. The van der Waals surface area contributed by atoms with E-state index in [2.05, 4.69) is 4.98 Å². The van der Waals surface area contributed by atoms with Crippen LogP contribution in [0.4, 0.5) is 5.69 Å². The summed E-state index contributed by atoms with van der Waals surface area (Å²) in [6.45, 7) is 2.41. The topological polar surface area (TPSA) is 42.4 Å². The van der Waals surface area contributed by atoms with Gasteiger partial charge in [-0.2, -0.15) is 0 Å². The number of benzene rings is 1. The van der Waals surface area contributed by atoms with Gasteiger partial charge in [-0.3, -0.25) is 9.78 Å². The van der Waals surface area contributed by atoms with Crippen molar-refractivity contribution in [1.82, 2.24) is 4.98 Å². The van der Waals surface area contributed by atoms with Crippen molar-refractivity contribution >= 4 is 23.2 Å². The Balaban J connectivity index is 2.03. The van der Waals surface area contributed by atoms with Crippen LogP contribution in [0, 0.1) is 0 Å². The molecule has 0 bridgehead atoms. The molecule has 0 saturated carbocycles. The largest absolute Gasteiger partial charge is 0.485 e. The molecule has 0 saturated heterocycles. The summed E-state index contributed by atoms with van der Waals surface area (Å²) >= 11 is 6.15. The standard InChI is InChI=1S/C15H13ClN2O2/c1-10-9-18(15(19)11-5-7-17-8-6-11)13-4-2-3-12(16)14(13)20-10/h2-8,10H,9H2,1H3/t10-/m1/s1. The van der Waals surface area contributed by atoms with Crippen molar-refractivity contribution in [2.45, 2.75) is 13.0 Å². The van der Waals surface area contributed by atoms with Gasteiger partial charge >= 0.3 is 0 Å². The molecule has 2 aromatic rings. The predicted molar refractivity (Wildman–Crippen MR) is 77.5 cm³/mol. The number of pyridine rings is 1. The van der Waals surface area contributed by atoms with Crippen molar-refractivity contribution < 1.29 is 9.53 Å². The number of ether oxygens (including phenoxy) is 1. The van der Waals surface area contributed by atoms with E-state index in [1.54, 1.807) is 35.5 Å². The number of nitrogens with zero attached hydrogens (tertiary/aromatic N) is 2. The molecular formula is C15H13ClN2O2. The molecule has 20 heavy (non-hydrogen) atoms. The molecule has 1 aliphatic heterocycles. The van der Waals surface area contributed by atoms with E-state index in [0.29, 0.717) is 28.6 Å². The van der Waals surface area contributed by atoms with Crippen molar-refractivity contribution in [1.29, 1.82) is 0 Å². The van der Waals surface area contributed by atoms with E-state index in [1.165, 1.54) is 0 Å². The third-order valence-electron chi connectivity index (χ3n) is 3.17. The van der Waals surface area contributed by atoms with Crippen LogP contribution in [-0.2, 0) is 0 Å². The van der Waals surface area contributed by atoms with Gasteiger partial charge in [0, 0.05) is 18.0 Å². The van der Waals surface area contributed by atoms with Crippen LogP contribution in [0.2, 0.25) is 5.02 Å². The number of rotatable bonds is 1. The zero-order valence-electron chi connectivity index (χ0n) is 10.9. The van der Waals surface area contributed by atoms with Crippen LogP contribution in [0.25, 0.3) is 0 Å². The molecule has 0 fully saturated rings. The van der Waals surface area contributed by atoms with Gasteiger partial charge in [0.1, 0.15) is 6.10 Å². The van der Waals surface area contributed by atoms with Crippen molar-refractivity contribution in [3.63, 3.8) is 0 Å². The smallest absolute Gasteiger partial charge is 0.258 e. The number of hydrogen-bond donors (Lipinski definition) is 0. The molecule has 0 spiro atoms. The quantitative estimate of drug-likeness (QED) is 0.809. The summed E-state index contributed by atoms with van der Waals surface area (Å²) in [6.07, 6.45) is 3.11. The van der Waals surface area contributed by atoms with Gasteiger partial charge in [0.15, 0.2) is 5.75 Å². The Kier molecular flexibility index (Phi) is 3.32. The molecule has 0 unspecified atom stereocenters. The first-order valence-electron chi connectivity index (χ1n) is 6.34. The van der Waals surface area contributed by atoms with Crippen molar-refractivity contribution in [2.75, 3.05) is 11.4 Å². The van der Waals surface area contributed by atoms with E-state index >= 15 is 0 Å². The highest BCUT2D eigenvalue weighted by Gasteiger charge is 2.29. The number of carbonyl (C=O) groups is 1. The molecular weight excluding hydrogens is 276 g/mol. The highest BCUT2D eigenvalue weighted by molar-refractivity contribution is 6.32. The van der Waals surface area contributed by atoms with Gasteiger partial charge in [-0.05, 0) is 31.2 Å². The normalized spacial score (nSPS) is 17.3. The van der Waals surface area contributed by atoms with Crippen molar-refractivity contribution in [2.24, 2.45) is 0 Å². The van der Waals surface area contributed by atoms with Crippen LogP contribution in [0.15, 0.2) is 42.7 Å². The molecule has 3 rings (SSSR count). The average molecular weight is 289 g/mol. The zero-order valence-corrected chi connectivity index (χ0v) is 11.7. The summed E-state index contributed by atoms with van der Waals surface area (Å²) in [5, 5.41) is 0.515. The molecule has 1 amide bonds. The van der Waals surface area contributed by atoms with Crippen LogP contribution < -0.4 is 9.64 Å². The fourth-order valence-corrected chi connectivity index (χ4v) is 2.48. The number of anilines is 1. The SMILES string of the molecule is C[C@@H]1CN(C(=O)c2ccncc2)c2cccc(Cl)c2O1. The number of fused-ring (bicyclic) bond motifs is 1. The summed E-state index contributed by atoms with van der Waals surface area (Å²) in [4.78, 5) is 18.2. The minimum absolute atomic E-state index is 0.0777. The lowest BCUT2D eigenvalue weighted by molar-refractivity contribution is 0.0961. The van der Waals surface area contributed by atoms with Gasteiger partial charge in [-0.25, -0.2) is 0 Å². The van der Waals surface area contributed by atoms with E-state index in [1.807, 2.05) is 19.1 Å². The van der Waals surface area contributed by atoms with Gasteiger partial charge in [0.05, 0.1) is 17.3 Å². The summed E-state index contributed by atoms with van der Waals surface area (Å²) in [6, 6.07) is 8.81. The van der Waals surface area contributed by atoms with Crippen LogP contribution in [0.5, 0.6) is 5.75 Å². The molecule has 0 aliphatic carbocycles. The molecule has 1 aliphatic rings. The highest BCUT2D eigenvalue weighted by Crippen LogP contribution is 2.39. The van der Waals surface area contributed by atoms with E-state index in [4.69, 9.17) is 16.3 Å². The predicted octanol–water partition coefficient (Wildman–Crippen LogP) is 3.16. The Morgan fingerprint density at radius 2 is 2.10 bits per heavy atom. The average Bonchev–Trinajstić information content (AvgIpc) is 2.48. The van der Waals surface area contributed by atoms with Crippen molar-refractivity contribution in [3.05, 3.63) is 53.3 Å². The van der Waals surface area contributed by atoms with Crippen LogP contribution in [0.1, 0.15) is 17.3 Å². The number of halogens is 1. The molecule has 4 nitrogen and oxygen atoms in total. The van der Waals surface area contributed by atoms with E-state index in [0.717, 1.165) is 0 Å². The fourth-order valence-electron chi connectivity index (χ4n) is 2.26. The highest BCUT2D eigenvalue weighted by atomic mass is 35.5. The van der Waals surface area contributed by atoms with Crippen LogP contribution >= 0.6 is 11.6 Å². The molecule has 2 heterocycles. The maximum atomic E-state index is 12.6. The lowest BCUT2D eigenvalue weighted by atomic mass is 10.1. The third kappa shape index (κ3) is 2.23. The monoisotopic (exact) mass is 288 g/mol. The number of carbonyl (C=O) groups excluding carboxylic acids is 1. The Labute approximate surface area is 122 Å². The Morgan fingerprint density at radius 1 is 1.35 bits per heavy atom. The number of hydrogen-bond acceptors (Lipinski definition) is 3. The van der Waals surface area contributed by atoms with Gasteiger partial charge in [0.2, 0.25) is 0 Å². The maximum Gasteiger partial charge on any atom is 0.258 e. The van der Waals surface area contributed by atoms with Gasteiger partial charge in [0.25, 0.3) is 5.91 Å². The minimum atomic E-state index is -0.104. The third-order valence-corrected chi connectivity index (χ3v) is 3.47. The minimum Gasteiger partial charge on any atom is -0.485 e. The van der Waals surface area contributed by atoms with Gasteiger partial charge in [-0.15, -0.1) is 0 Å². The Hall–Kier alpha value is -2.07. The molecule has 102 valence electrons. The first-order valence-corrected chi connectivity index (χ1v) is 6.71. The number of amides is 1. The zero-order chi connectivity index (χ0) is 14.1. The van der Waals surface area contributed by atoms with E-state index in [-0.39, 0.29) is 12.0 Å². The summed E-state index contributed by atoms with van der Waals surface area (Å²) in [7, 11) is 0. The second kappa shape index (κ2) is 5.13. The maximum absolute atomic E-state index is 12.6. The Bertz CT molecular complexity index is 646. The molecule has 5 heteroatoms. The molecule has 1 aromatic heterocycles. The van der Waals surface area contributed by atoms with E-state index < -0.39 is 0 Å². The van der Waals surface area contributed by atoms with Gasteiger partial charge in [-0.1, -0.05) is 17.7 Å². The second-order valence-corrected chi connectivity index (χ2v) is 5.08. The molecule has 1 atom stereocenters. The molecule has 0 N–H and O–H groups in total. The Morgan fingerprint density at radius 3 is 2.85 bits per heavy atom. The molecule has 0 radical (unpaired) electrons. The lowest BCUT2D eigenvalue weighted by Gasteiger charge is -2.33. The molecule has 1 aromatic carbocycles. The number of para-hydroxylation sites is 1. The second-order valence-electron chi connectivity index (χ2n) is 4.67. The first-order chi connectivity index (χ1) is 9.66. The van der Waals surface area contributed by atoms with Crippen molar-refractivity contribution in [3.8, 4) is 5.75 Å². The van der Waals surface area contributed by atoms with Crippen LogP contribution in [-0.4, -0.2) is 23.5 Å². The fraction of sp³-hybridized carbons (Fsp3) is 0.200. The van der Waals surface area contributed by atoms with Crippen LogP contribution in [0.3, 0.4) is 0 Å². The first kappa shape index (κ1) is 12.9. The summed E-state index contributed by atoms with van der Waals surface area (Å²) < 4.78 is 5.74. The van der Waals surface area contributed by atoms with Gasteiger partial charge < -0.3 is 9.64 Å². The van der Waals surface area contributed by atoms with E-state index in [9.17, 15) is 4.79 Å².